The highest BCUT2D eigenvalue weighted by Crippen LogP contribution is 2.10. The average molecular weight is 166 g/mol. The molecule has 0 aromatic carbocycles. The molecule has 0 unspecified atom stereocenters. The van der Waals surface area contributed by atoms with E-state index in [4.69, 9.17) is 4.74 Å². The summed E-state index contributed by atoms with van der Waals surface area (Å²) in [6.07, 6.45) is 0. The van der Waals surface area contributed by atoms with Gasteiger partial charge in [0.25, 0.3) is 0 Å². The van der Waals surface area contributed by atoms with Crippen LogP contribution in [0.2, 0.25) is 0 Å². The van der Waals surface area contributed by atoms with Crippen LogP contribution in [-0.2, 0) is 0 Å². The largest absolute Gasteiger partial charge is 0.481 e. The Labute approximate surface area is 72.8 Å². The van der Waals surface area contributed by atoms with Gasteiger partial charge in [-0.25, -0.2) is 0 Å². The van der Waals surface area contributed by atoms with Gasteiger partial charge in [-0.15, -0.1) is 0 Å². The van der Waals surface area contributed by atoms with E-state index in [0.29, 0.717) is 11.9 Å². The van der Waals surface area contributed by atoms with E-state index in [9.17, 15) is 0 Å². The van der Waals surface area contributed by atoms with Crippen molar-refractivity contribution in [3.63, 3.8) is 0 Å². The second-order valence-corrected chi connectivity index (χ2v) is 2.86. The summed E-state index contributed by atoms with van der Waals surface area (Å²) in [6.45, 7) is 4.14. The molecule has 0 fully saturated rings. The maximum absolute atomic E-state index is 4.99. The quantitative estimate of drug-likeness (QED) is 0.744. The van der Waals surface area contributed by atoms with Crippen molar-refractivity contribution < 1.29 is 4.74 Å². The summed E-state index contributed by atoms with van der Waals surface area (Å²) in [6, 6.07) is 6.05. The zero-order valence-electron chi connectivity index (χ0n) is 7.66. The first-order chi connectivity index (χ1) is 5.72. The van der Waals surface area contributed by atoms with Crippen molar-refractivity contribution in [3.05, 3.63) is 18.2 Å². The van der Waals surface area contributed by atoms with Gasteiger partial charge in [-0.3, -0.25) is 0 Å². The zero-order chi connectivity index (χ0) is 8.97. The number of ether oxygens (including phenoxy) is 1. The molecule has 0 aliphatic rings. The SMILES string of the molecule is COc1cccc(NC(C)C)n1. The van der Waals surface area contributed by atoms with Gasteiger partial charge in [-0.1, -0.05) is 6.07 Å². The minimum absolute atomic E-state index is 0.393. The summed E-state index contributed by atoms with van der Waals surface area (Å²) >= 11 is 0. The molecule has 0 radical (unpaired) electrons. The van der Waals surface area contributed by atoms with Crippen LogP contribution in [0.15, 0.2) is 18.2 Å². The fourth-order valence-corrected chi connectivity index (χ4v) is 0.905. The van der Waals surface area contributed by atoms with Crippen molar-refractivity contribution in [2.75, 3.05) is 12.4 Å². The van der Waals surface area contributed by atoms with E-state index in [1.165, 1.54) is 0 Å². The minimum atomic E-state index is 0.393. The van der Waals surface area contributed by atoms with Crippen LogP contribution in [0.5, 0.6) is 5.88 Å². The molecule has 0 aliphatic heterocycles. The molecular formula is C9H14N2O. The molecule has 1 heterocycles. The van der Waals surface area contributed by atoms with Crippen molar-refractivity contribution in [3.8, 4) is 5.88 Å². The molecule has 3 nitrogen and oxygen atoms in total. The number of methoxy groups -OCH3 is 1. The number of nitrogens with zero attached hydrogens (tertiary/aromatic N) is 1. The van der Waals surface area contributed by atoms with Crippen LogP contribution in [0.3, 0.4) is 0 Å². The molecule has 66 valence electrons. The van der Waals surface area contributed by atoms with Crippen molar-refractivity contribution >= 4 is 5.82 Å². The highest BCUT2D eigenvalue weighted by atomic mass is 16.5. The lowest BCUT2D eigenvalue weighted by atomic mass is 10.4. The van der Waals surface area contributed by atoms with Crippen LogP contribution in [0.4, 0.5) is 5.82 Å². The molecule has 0 saturated heterocycles. The third-order valence-electron chi connectivity index (χ3n) is 1.37. The fourth-order valence-electron chi connectivity index (χ4n) is 0.905. The lowest BCUT2D eigenvalue weighted by Crippen LogP contribution is -2.10. The van der Waals surface area contributed by atoms with E-state index in [2.05, 4.69) is 24.1 Å². The molecule has 3 heteroatoms. The molecule has 0 aliphatic carbocycles. The lowest BCUT2D eigenvalue weighted by molar-refractivity contribution is 0.398. The number of nitrogens with one attached hydrogen (secondary N) is 1. The maximum Gasteiger partial charge on any atom is 0.214 e. The van der Waals surface area contributed by atoms with Gasteiger partial charge in [0, 0.05) is 12.1 Å². The molecule has 0 spiro atoms. The van der Waals surface area contributed by atoms with Crippen molar-refractivity contribution in [2.24, 2.45) is 0 Å². The Hall–Kier alpha value is -1.25. The summed E-state index contributed by atoms with van der Waals surface area (Å²) in [5, 5.41) is 3.19. The third kappa shape index (κ3) is 2.42. The molecule has 1 rings (SSSR count). The van der Waals surface area contributed by atoms with Gasteiger partial charge in [0.1, 0.15) is 5.82 Å². The Morgan fingerprint density at radius 3 is 2.75 bits per heavy atom. The van der Waals surface area contributed by atoms with Crippen molar-refractivity contribution in [1.82, 2.24) is 4.98 Å². The van der Waals surface area contributed by atoms with Crippen LogP contribution in [0.25, 0.3) is 0 Å². The van der Waals surface area contributed by atoms with Crippen LogP contribution < -0.4 is 10.1 Å². The Morgan fingerprint density at radius 1 is 1.42 bits per heavy atom. The second kappa shape index (κ2) is 3.95. The van der Waals surface area contributed by atoms with Crippen LogP contribution >= 0.6 is 0 Å². The van der Waals surface area contributed by atoms with E-state index < -0.39 is 0 Å². The van der Waals surface area contributed by atoms with Gasteiger partial charge in [0.15, 0.2) is 0 Å². The third-order valence-corrected chi connectivity index (χ3v) is 1.37. The van der Waals surface area contributed by atoms with Crippen molar-refractivity contribution in [2.45, 2.75) is 19.9 Å². The van der Waals surface area contributed by atoms with E-state index in [1.54, 1.807) is 7.11 Å². The van der Waals surface area contributed by atoms with Crippen molar-refractivity contribution in [1.29, 1.82) is 0 Å². The molecule has 12 heavy (non-hydrogen) atoms. The van der Waals surface area contributed by atoms with E-state index >= 15 is 0 Å². The van der Waals surface area contributed by atoms with Crippen LogP contribution in [0, 0.1) is 0 Å². The van der Waals surface area contributed by atoms with E-state index in [-0.39, 0.29) is 0 Å². The first-order valence-corrected chi connectivity index (χ1v) is 4.00. The Kier molecular flexibility index (Phi) is 2.91. The molecule has 0 saturated carbocycles. The molecule has 0 amide bonds. The summed E-state index contributed by atoms with van der Waals surface area (Å²) in [5.74, 6) is 1.49. The first kappa shape index (κ1) is 8.84. The van der Waals surface area contributed by atoms with Gasteiger partial charge in [0.2, 0.25) is 5.88 Å². The lowest BCUT2D eigenvalue weighted by Gasteiger charge is -2.09. The monoisotopic (exact) mass is 166 g/mol. The van der Waals surface area contributed by atoms with Gasteiger partial charge in [-0.2, -0.15) is 4.98 Å². The number of hydrogen-bond donors (Lipinski definition) is 1. The maximum atomic E-state index is 4.99. The van der Waals surface area contributed by atoms with Crippen LogP contribution in [0.1, 0.15) is 13.8 Å². The summed E-state index contributed by atoms with van der Waals surface area (Å²) in [4.78, 5) is 4.20. The summed E-state index contributed by atoms with van der Waals surface area (Å²) in [5.41, 5.74) is 0. The Morgan fingerprint density at radius 2 is 2.17 bits per heavy atom. The molecule has 0 bridgehead atoms. The molecular weight excluding hydrogens is 152 g/mol. The first-order valence-electron chi connectivity index (χ1n) is 4.00. The number of anilines is 1. The molecule has 0 atom stereocenters. The fraction of sp³-hybridized carbons (Fsp3) is 0.444. The summed E-state index contributed by atoms with van der Waals surface area (Å²) < 4.78 is 4.99. The number of pyridine rings is 1. The highest BCUT2D eigenvalue weighted by Gasteiger charge is 1.97. The average Bonchev–Trinajstić information content (AvgIpc) is 2.03. The predicted octanol–water partition coefficient (Wildman–Crippen LogP) is 1.91. The highest BCUT2D eigenvalue weighted by molar-refractivity contribution is 5.37. The molecule has 1 aromatic heterocycles. The zero-order valence-corrected chi connectivity index (χ0v) is 7.66. The van der Waals surface area contributed by atoms with E-state index in [1.807, 2.05) is 18.2 Å². The topological polar surface area (TPSA) is 34.1 Å². The van der Waals surface area contributed by atoms with Gasteiger partial charge in [0.05, 0.1) is 7.11 Å². The van der Waals surface area contributed by atoms with Gasteiger partial charge < -0.3 is 10.1 Å². The second-order valence-electron chi connectivity index (χ2n) is 2.86. The predicted molar refractivity (Wildman–Crippen MR) is 49.5 cm³/mol. The van der Waals surface area contributed by atoms with Gasteiger partial charge >= 0.3 is 0 Å². The van der Waals surface area contributed by atoms with Gasteiger partial charge in [-0.05, 0) is 19.9 Å². The number of rotatable bonds is 3. The standard InChI is InChI=1S/C9H14N2O/c1-7(2)10-8-5-4-6-9(11-8)12-3/h4-7H,1-3H3,(H,10,11). The molecule has 1 N–H and O–H groups in total. The smallest absolute Gasteiger partial charge is 0.214 e. The normalized spacial score (nSPS) is 10.0. The number of aromatic nitrogens is 1. The molecule has 1 aromatic rings. The van der Waals surface area contributed by atoms with Crippen LogP contribution in [-0.4, -0.2) is 18.1 Å². The van der Waals surface area contributed by atoms with E-state index in [0.717, 1.165) is 5.82 Å². The summed E-state index contributed by atoms with van der Waals surface area (Å²) in [7, 11) is 1.61. The number of hydrogen-bond acceptors (Lipinski definition) is 3. The Bertz CT molecular complexity index is 248. The Balaban J connectivity index is 2.72. The minimum Gasteiger partial charge on any atom is -0.481 e.